The number of aromatic nitrogens is 2. The normalized spacial score (nSPS) is 10.3. The maximum atomic E-state index is 11.6. The summed E-state index contributed by atoms with van der Waals surface area (Å²) in [5.41, 5.74) is -0.200. The van der Waals surface area contributed by atoms with Crippen molar-refractivity contribution in [2.75, 3.05) is 19.0 Å². The van der Waals surface area contributed by atoms with Crippen LogP contribution >= 0.6 is 0 Å². The fourth-order valence-electron chi connectivity index (χ4n) is 1.80. The molecule has 21 heavy (non-hydrogen) atoms. The first kappa shape index (κ1) is 14.4. The van der Waals surface area contributed by atoms with Crippen molar-refractivity contribution in [3.8, 4) is 0 Å². The Kier molecular flexibility index (Phi) is 4.12. The molecule has 9 nitrogen and oxygen atoms in total. The molecular formula is C12H12N4O5. The monoisotopic (exact) mass is 292 g/mol. The van der Waals surface area contributed by atoms with Gasteiger partial charge in [0.05, 0.1) is 35.7 Å². The van der Waals surface area contributed by atoms with Crippen LogP contribution in [0.25, 0.3) is 10.9 Å². The van der Waals surface area contributed by atoms with Gasteiger partial charge in [-0.2, -0.15) is 0 Å². The van der Waals surface area contributed by atoms with Crippen LogP contribution in [0.4, 0.5) is 11.4 Å². The van der Waals surface area contributed by atoms with Crippen molar-refractivity contribution < 1.29 is 14.5 Å². The van der Waals surface area contributed by atoms with Gasteiger partial charge in [-0.25, -0.2) is 4.98 Å². The largest absolute Gasteiger partial charge is 0.469 e. The van der Waals surface area contributed by atoms with Crippen LogP contribution in [0, 0.1) is 10.1 Å². The molecule has 0 spiro atoms. The molecule has 9 heteroatoms. The van der Waals surface area contributed by atoms with Crippen molar-refractivity contribution in [1.82, 2.24) is 9.97 Å². The van der Waals surface area contributed by atoms with E-state index in [1.54, 1.807) is 0 Å². The molecule has 1 aromatic carbocycles. The number of aromatic amines is 1. The molecule has 2 rings (SSSR count). The number of benzene rings is 1. The van der Waals surface area contributed by atoms with Gasteiger partial charge in [0.25, 0.3) is 11.2 Å². The Labute approximate surface area is 118 Å². The second kappa shape index (κ2) is 5.99. The van der Waals surface area contributed by atoms with Crippen molar-refractivity contribution in [1.29, 1.82) is 0 Å². The van der Waals surface area contributed by atoms with Gasteiger partial charge in [-0.15, -0.1) is 0 Å². The van der Waals surface area contributed by atoms with Crippen molar-refractivity contribution in [3.63, 3.8) is 0 Å². The average Bonchev–Trinajstić information content (AvgIpc) is 2.46. The average molecular weight is 292 g/mol. The third-order valence-corrected chi connectivity index (χ3v) is 2.83. The number of nitrogens with zero attached hydrogens (tertiary/aromatic N) is 2. The van der Waals surface area contributed by atoms with Gasteiger partial charge in [0, 0.05) is 12.6 Å². The van der Waals surface area contributed by atoms with E-state index >= 15 is 0 Å². The summed E-state index contributed by atoms with van der Waals surface area (Å²) in [6.07, 6.45) is 1.28. The Morgan fingerprint density at radius 1 is 1.52 bits per heavy atom. The molecule has 0 amide bonds. The lowest BCUT2D eigenvalue weighted by molar-refractivity contribution is -0.383. The molecule has 0 aliphatic carbocycles. The van der Waals surface area contributed by atoms with Gasteiger partial charge >= 0.3 is 5.97 Å². The summed E-state index contributed by atoms with van der Waals surface area (Å²) >= 11 is 0. The second-order valence-corrected chi connectivity index (χ2v) is 4.13. The minimum absolute atomic E-state index is 0.0640. The molecule has 0 aliphatic heterocycles. The summed E-state index contributed by atoms with van der Waals surface area (Å²) in [6, 6.07) is 2.56. The lowest BCUT2D eigenvalue weighted by atomic mass is 10.2. The van der Waals surface area contributed by atoms with E-state index in [0.29, 0.717) is 5.52 Å². The number of carbonyl (C=O) groups excluding carboxylic acids is 1. The summed E-state index contributed by atoms with van der Waals surface area (Å²) in [6.45, 7) is 0.169. The number of H-pyrrole nitrogens is 1. The lowest BCUT2D eigenvalue weighted by Gasteiger charge is -2.07. The third kappa shape index (κ3) is 3.14. The summed E-state index contributed by atoms with van der Waals surface area (Å²) in [5, 5.41) is 14.0. The first-order chi connectivity index (χ1) is 10.0. The minimum Gasteiger partial charge on any atom is -0.469 e. The zero-order valence-electron chi connectivity index (χ0n) is 11.1. The summed E-state index contributed by atoms with van der Waals surface area (Å²) in [7, 11) is 1.26. The maximum Gasteiger partial charge on any atom is 0.307 e. The molecule has 0 saturated heterocycles. The van der Waals surface area contributed by atoms with Crippen molar-refractivity contribution >= 4 is 28.2 Å². The molecule has 110 valence electrons. The smallest absolute Gasteiger partial charge is 0.307 e. The number of nitro benzene ring substituents is 1. The molecule has 0 aliphatic rings. The number of nitro groups is 1. The van der Waals surface area contributed by atoms with Crippen LogP contribution in [0.15, 0.2) is 23.3 Å². The maximum absolute atomic E-state index is 11.6. The van der Waals surface area contributed by atoms with Gasteiger partial charge in [-0.1, -0.05) is 0 Å². The van der Waals surface area contributed by atoms with E-state index in [0.717, 1.165) is 6.07 Å². The Balaban J connectivity index is 2.37. The first-order valence-corrected chi connectivity index (χ1v) is 5.99. The van der Waals surface area contributed by atoms with Crippen LogP contribution in [0.3, 0.4) is 0 Å². The standard InChI is InChI=1S/C12H12N4O5/c1-21-11(17)2-3-13-9-5-8-7(4-10(9)16(19)20)12(18)15-6-14-8/h4-6,13H,2-3H2,1H3,(H,14,15,18). The van der Waals surface area contributed by atoms with Crippen LogP contribution in [-0.4, -0.2) is 34.5 Å². The minimum atomic E-state index is -0.605. The first-order valence-electron chi connectivity index (χ1n) is 5.99. The number of esters is 1. The van der Waals surface area contributed by atoms with Gasteiger partial charge in [0.15, 0.2) is 0 Å². The van der Waals surface area contributed by atoms with E-state index in [9.17, 15) is 19.7 Å². The van der Waals surface area contributed by atoms with Crippen LogP contribution in [0.5, 0.6) is 0 Å². The zero-order chi connectivity index (χ0) is 15.4. The Morgan fingerprint density at radius 3 is 2.95 bits per heavy atom. The number of fused-ring (bicyclic) bond motifs is 1. The lowest BCUT2D eigenvalue weighted by Crippen LogP contribution is -2.12. The molecular weight excluding hydrogens is 280 g/mol. The molecule has 1 heterocycles. The van der Waals surface area contributed by atoms with Crippen LogP contribution in [0.1, 0.15) is 6.42 Å². The van der Waals surface area contributed by atoms with Crippen molar-refractivity contribution in [3.05, 3.63) is 38.9 Å². The molecule has 0 fully saturated rings. The van der Waals surface area contributed by atoms with Gasteiger partial charge in [0.2, 0.25) is 0 Å². The molecule has 0 saturated carbocycles. The fourth-order valence-corrected chi connectivity index (χ4v) is 1.80. The number of methoxy groups -OCH3 is 1. The molecule has 2 N–H and O–H groups in total. The highest BCUT2D eigenvalue weighted by molar-refractivity contribution is 5.86. The van der Waals surface area contributed by atoms with E-state index in [4.69, 9.17) is 0 Å². The Bertz CT molecular complexity index is 755. The van der Waals surface area contributed by atoms with E-state index in [2.05, 4.69) is 20.0 Å². The van der Waals surface area contributed by atoms with E-state index in [-0.39, 0.29) is 29.7 Å². The SMILES string of the molecule is COC(=O)CCNc1cc2nc[nH]c(=O)c2cc1[N+](=O)[O-]. The number of hydrogen-bond donors (Lipinski definition) is 2. The molecule has 2 aromatic rings. The molecule has 0 unspecified atom stereocenters. The summed E-state index contributed by atoms with van der Waals surface area (Å²) < 4.78 is 4.48. The van der Waals surface area contributed by atoms with Crippen LogP contribution in [0.2, 0.25) is 0 Å². The number of ether oxygens (including phenoxy) is 1. The third-order valence-electron chi connectivity index (χ3n) is 2.83. The second-order valence-electron chi connectivity index (χ2n) is 4.13. The summed E-state index contributed by atoms with van der Waals surface area (Å²) in [4.78, 5) is 39.4. The van der Waals surface area contributed by atoms with E-state index < -0.39 is 16.5 Å². The van der Waals surface area contributed by atoms with Crippen molar-refractivity contribution in [2.24, 2.45) is 0 Å². The molecule has 0 bridgehead atoms. The van der Waals surface area contributed by atoms with Gasteiger partial charge in [-0.3, -0.25) is 19.7 Å². The predicted octanol–water partition coefficient (Wildman–Crippen LogP) is 0.806. The number of rotatable bonds is 5. The van der Waals surface area contributed by atoms with Crippen molar-refractivity contribution in [2.45, 2.75) is 6.42 Å². The number of nitrogens with one attached hydrogen (secondary N) is 2. The highest BCUT2D eigenvalue weighted by Crippen LogP contribution is 2.27. The Hall–Kier alpha value is -2.97. The zero-order valence-corrected chi connectivity index (χ0v) is 11.1. The van der Waals surface area contributed by atoms with Gasteiger partial charge in [-0.05, 0) is 6.07 Å². The van der Waals surface area contributed by atoms with Gasteiger partial charge < -0.3 is 15.0 Å². The topological polar surface area (TPSA) is 127 Å². The molecule has 0 radical (unpaired) electrons. The highest BCUT2D eigenvalue weighted by Gasteiger charge is 2.17. The number of hydrogen-bond acceptors (Lipinski definition) is 7. The number of carbonyl (C=O) groups is 1. The van der Waals surface area contributed by atoms with Gasteiger partial charge in [0.1, 0.15) is 5.69 Å². The Morgan fingerprint density at radius 2 is 2.29 bits per heavy atom. The van der Waals surface area contributed by atoms with Crippen LogP contribution < -0.4 is 10.9 Å². The molecule has 0 atom stereocenters. The highest BCUT2D eigenvalue weighted by atomic mass is 16.6. The molecule has 1 aromatic heterocycles. The van der Waals surface area contributed by atoms with E-state index in [1.165, 1.54) is 19.5 Å². The quantitative estimate of drug-likeness (QED) is 0.474. The predicted molar refractivity (Wildman–Crippen MR) is 74.1 cm³/mol. The summed E-state index contributed by atoms with van der Waals surface area (Å²) in [5.74, 6) is -0.430. The van der Waals surface area contributed by atoms with E-state index in [1.807, 2.05) is 0 Å². The van der Waals surface area contributed by atoms with Crippen LogP contribution in [-0.2, 0) is 9.53 Å². The number of anilines is 1. The fraction of sp³-hybridized carbons (Fsp3) is 0.250.